The average Bonchev–Trinajstić information content (AvgIpc) is 2.34. The van der Waals surface area contributed by atoms with Crippen molar-refractivity contribution >= 4 is 15.8 Å². The molecule has 2 rings (SSSR count). The van der Waals surface area contributed by atoms with E-state index in [1.54, 1.807) is 12.1 Å². The van der Waals surface area contributed by atoms with Gasteiger partial charge in [0.05, 0.1) is 13.1 Å². The van der Waals surface area contributed by atoms with Gasteiger partial charge in [0.2, 0.25) is 10.0 Å². The van der Waals surface area contributed by atoms with Gasteiger partial charge in [-0.25, -0.2) is 17.7 Å². The molecule has 1 saturated heterocycles. The van der Waals surface area contributed by atoms with Crippen LogP contribution in [-0.2, 0) is 10.0 Å². The summed E-state index contributed by atoms with van der Waals surface area (Å²) in [4.78, 5) is 6.29. The molecule has 0 amide bonds. The molecular formula is C13H21N3O3S. The third-order valence-electron chi connectivity index (χ3n) is 3.83. The monoisotopic (exact) mass is 299 g/mol. The highest BCUT2D eigenvalue weighted by atomic mass is 32.2. The normalized spacial score (nSPS) is 18.4. The first-order valence-electron chi connectivity index (χ1n) is 6.53. The van der Waals surface area contributed by atoms with Gasteiger partial charge in [0, 0.05) is 20.3 Å². The van der Waals surface area contributed by atoms with Crippen molar-refractivity contribution in [2.75, 3.05) is 32.1 Å². The molecule has 0 radical (unpaired) electrons. The van der Waals surface area contributed by atoms with Gasteiger partial charge in [-0.05, 0) is 18.1 Å². The summed E-state index contributed by atoms with van der Waals surface area (Å²) in [5.41, 5.74) is -0.671. The number of anilines is 1. The molecule has 0 unspecified atom stereocenters. The first-order chi connectivity index (χ1) is 9.17. The van der Waals surface area contributed by atoms with Gasteiger partial charge in [-0.2, -0.15) is 0 Å². The second-order valence-corrected chi connectivity index (χ2v) is 7.91. The highest BCUT2D eigenvalue weighted by molar-refractivity contribution is 7.89. The molecule has 1 aliphatic heterocycles. The van der Waals surface area contributed by atoms with E-state index in [0.29, 0.717) is 18.9 Å². The summed E-state index contributed by atoms with van der Waals surface area (Å²) in [6.45, 7) is 5.02. The van der Waals surface area contributed by atoms with E-state index >= 15 is 0 Å². The minimum Gasteiger partial charge on any atom is -0.386 e. The number of aromatic nitrogens is 1. The summed E-state index contributed by atoms with van der Waals surface area (Å²) in [7, 11) is -0.466. The zero-order valence-electron chi connectivity index (χ0n) is 12.2. The molecule has 1 aromatic rings. The van der Waals surface area contributed by atoms with Crippen LogP contribution in [0.1, 0.15) is 13.8 Å². The van der Waals surface area contributed by atoms with Crippen LogP contribution in [0.4, 0.5) is 5.82 Å². The van der Waals surface area contributed by atoms with Crippen molar-refractivity contribution in [3.63, 3.8) is 0 Å². The summed E-state index contributed by atoms with van der Waals surface area (Å²) in [6, 6.07) is 3.22. The Morgan fingerprint density at radius 1 is 1.35 bits per heavy atom. The van der Waals surface area contributed by atoms with E-state index in [-0.39, 0.29) is 10.8 Å². The number of β-amino-alcohol motifs (C(OH)–C–C–N with tert-alkyl or cyclic N) is 1. The lowest BCUT2D eigenvalue weighted by Crippen LogP contribution is -2.65. The third kappa shape index (κ3) is 2.53. The highest BCUT2D eigenvalue weighted by Gasteiger charge is 2.44. The van der Waals surface area contributed by atoms with Gasteiger partial charge < -0.3 is 10.0 Å². The summed E-state index contributed by atoms with van der Waals surface area (Å²) in [5, 5.41) is 10.2. The van der Waals surface area contributed by atoms with Crippen LogP contribution in [0.15, 0.2) is 23.2 Å². The van der Waals surface area contributed by atoms with Crippen molar-refractivity contribution in [3.8, 4) is 0 Å². The number of hydrogen-bond acceptors (Lipinski definition) is 5. The first-order valence-corrected chi connectivity index (χ1v) is 7.97. The molecule has 0 bridgehead atoms. The fourth-order valence-corrected chi connectivity index (χ4v) is 2.91. The molecule has 1 N–H and O–H groups in total. The fourth-order valence-electron chi connectivity index (χ4n) is 2.06. The van der Waals surface area contributed by atoms with Crippen LogP contribution >= 0.6 is 0 Å². The van der Waals surface area contributed by atoms with Crippen molar-refractivity contribution < 1.29 is 13.5 Å². The molecule has 1 fully saturated rings. The number of aliphatic hydroxyl groups is 1. The minimum atomic E-state index is -3.44. The molecule has 112 valence electrons. The minimum absolute atomic E-state index is 0.172. The van der Waals surface area contributed by atoms with Gasteiger partial charge >= 0.3 is 0 Å². The number of sulfonamides is 1. The van der Waals surface area contributed by atoms with Gasteiger partial charge in [-0.15, -0.1) is 0 Å². The molecule has 1 aliphatic rings. The zero-order valence-corrected chi connectivity index (χ0v) is 13.1. The highest BCUT2D eigenvalue weighted by Crippen LogP contribution is 2.32. The van der Waals surface area contributed by atoms with Gasteiger partial charge in [-0.1, -0.05) is 13.8 Å². The van der Waals surface area contributed by atoms with Crippen LogP contribution in [-0.4, -0.2) is 55.6 Å². The molecule has 0 aromatic carbocycles. The zero-order chi connectivity index (χ0) is 15.1. The molecule has 0 atom stereocenters. The molecule has 0 aliphatic carbocycles. The van der Waals surface area contributed by atoms with Crippen molar-refractivity contribution in [1.29, 1.82) is 0 Å². The van der Waals surface area contributed by atoms with E-state index in [0.717, 1.165) is 4.31 Å². The van der Waals surface area contributed by atoms with Crippen LogP contribution in [0.2, 0.25) is 0 Å². The maximum atomic E-state index is 11.9. The molecule has 7 heteroatoms. The van der Waals surface area contributed by atoms with E-state index in [2.05, 4.69) is 4.98 Å². The second kappa shape index (κ2) is 4.98. The Morgan fingerprint density at radius 2 is 1.95 bits per heavy atom. The summed E-state index contributed by atoms with van der Waals surface area (Å²) < 4.78 is 25.0. The van der Waals surface area contributed by atoms with Gasteiger partial charge in [0.15, 0.2) is 0 Å². The number of hydrogen-bond donors (Lipinski definition) is 1. The predicted molar refractivity (Wildman–Crippen MR) is 77.1 cm³/mol. The fraction of sp³-hybridized carbons (Fsp3) is 0.615. The SMILES string of the molecule is CC(C)C1(O)CN(c2ccc(S(=O)(=O)N(C)C)cn2)C1. The first kappa shape index (κ1) is 15.2. The number of pyridine rings is 1. The molecular weight excluding hydrogens is 278 g/mol. The molecule has 0 saturated carbocycles. The maximum Gasteiger partial charge on any atom is 0.244 e. The van der Waals surface area contributed by atoms with E-state index in [1.807, 2.05) is 18.7 Å². The lowest BCUT2D eigenvalue weighted by atomic mass is 9.83. The van der Waals surface area contributed by atoms with Gasteiger partial charge in [0.25, 0.3) is 0 Å². The number of rotatable bonds is 4. The Labute approximate surface area is 120 Å². The standard InChI is InChI=1S/C13H21N3O3S/c1-10(2)13(17)8-16(9-13)12-6-5-11(7-14-12)20(18,19)15(3)4/h5-7,10,17H,8-9H2,1-4H3. The van der Waals surface area contributed by atoms with Crippen LogP contribution in [0.5, 0.6) is 0 Å². The predicted octanol–water partition coefficient (Wildman–Crippen LogP) is 0.539. The van der Waals surface area contributed by atoms with Crippen molar-refractivity contribution in [3.05, 3.63) is 18.3 Å². The Bertz CT molecular complexity index is 575. The van der Waals surface area contributed by atoms with Crippen LogP contribution < -0.4 is 4.90 Å². The average molecular weight is 299 g/mol. The Morgan fingerprint density at radius 3 is 2.35 bits per heavy atom. The molecule has 6 nitrogen and oxygen atoms in total. The summed E-state index contributed by atoms with van der Waals surface area (Å²) in [5.74, 6) is 0.875. The lowest BCUT2D eigenvalue weighted by molar-refractivity contribution is -0.0304. The van der Waals surface area contributed by atoms with Crippen LogP contribution in [0.25, 0.3) is 0 Å². The Balaban J connectivity index is 2.12. The van der Waals surface area contributed by atoms with Gasteiger partial charge in [0.1, 0.15) is 16.3 Å². The quantitative estimate of drug-likeness (QED) is 0.878. The van der Waals surface area contributed by atoms with Crippen molar-refractivity contribution in [2.45, 2.75) is 24.3 Å². The van der Waals surface area contributed by atoms with E-state index in [4.69, 9.17) is 0 Å². The van der Waals surface area contributed by atoms with Crippen molar-refractivity contribution in [2.24, 2.45) is 5.92 Å². The molecule has 1 aromatic heterocycles. The summed E-state index contributed by atoms with van der Waals surface area (Å²) >= 11 is 0. The second-order valence-electron chi connectivity index (χ2n) is 5.75. The summed E-state index contributed by atoms with van der Waals surface area (Å²) in [6.07, 6.45) is 1.36. The molecule has 2 heterocycles. The van der Waals surface area contributed by atoms with E-state index in [1.165, 1.54) is 20.3 Å². The van der Waals surface area contributed by atoms with Gasteiger partial charge in [-0.3, -0.25) is 0 Å². The van der Waals surface area contributed by atoms with E-state index < -0.39 is 15.6 Å². The van der Waals surface area contributed by atoms with Crippen LogP contribution in [0.3, 0.4) is 0 Å². The number of nitrogens with zero attached hydrogens (tertiary/aromatic N) is 3. The van der Waals surface area contributed by atoms with Crippen LogP contribution in [0, 0.1) is 5.92 Å². The Kier molecular flexibility index (Phi) is 3.79. The maximum absolute atomic E-state index is 11.9. The lowest BCUT2D eigenvalue weighted by Gasteiger charge is -2.49. The third-order valence-corrected chi connectivity index (χ3v) is 5.63. The smallest absolute Gasteiger partial charge is 0.244 e. The Hall–Kier alpha value is -1.18. The topological polar surface area (TPSA) is 73.7 Å². The largest absolute Gasteiger partial charge is 0.386 e. The molecule has 20 heavy (non-hydrogen) atoms. The molecule has 0 spiro atoms. The van der Waals surface area contributed by atoms with E-state index in [9.17, 15) is 13.5 Å². The van der Waals surface area contributed by atoms with Crippen molar-refractivity contribution in [1.82, 2.24) is 9.29 Å².